The molecule has 0 bridgehead atoms. The maximum absolute atomic E-state index is 13.4. The van der Waals surface area contributed by atoms with E-state index in [0.29, 0.717) is 33.7 Å². The first-order valence-electron chi connectivity index (χ1n) is 16.7. The van der Waals surface area contributed by atoms with Crippen LogP contribution in [0.25, 0.3) is 20.4 Å². The van der Waals surface area contributed by atoms with Gasteiger partial charge in [0.25, 0.3) is 0 Å². The van der Waals surface area contributed by atoms with Gasteiger partial charge in [0, 0.05) is 30.7 Å². The molecule has 3 aromatic heterocycles. The van der Waals surface area contributed by atoms with Crippen molar-refractivity contribution in [2.75, 3.05) is 0 Å². The average Bonchev–Trinajstić information content (AvgIpc) is 3.80. The minimum atomic E-state index is -0.186. The van der Waals surface area contributed by atoms with Crippen molar-refractivity contribution in [1.29, 1.82) is 0 Å². The molecule has 0 radical (unpaired) electrons. The van der Waals surface area contributed by atoms with Gasteiger partial charge in [-0.2, -0.15) is 0 Å². The summed E-state index contributed by atoms with van der Waals surface area (Å²) in [4.78, 5) is 63.1. The van der Waals surface area contributed by atoms with Crippen molar-refractivity contribution >= 4 is 87.7 Å². The number of ketones is 4. The summed E-state index contributed by atoms with van der Waals surface area (Å²) in [6.45, 7) is 0. The third kappa shape index (κ3) is 4.03. The van der Waals surface area contributed by atoms with Gasteiger partial charge in [-0.15, -0.1) is 22.7 Å². The van der Waals surface area contributed by atoms with Crippen LogP contribution in [-0.2, 0) is 26.2 Å². The number of hydrogen-bond donors (Lipinski definition) is 0. The lowest BCUT2D eigenvalue weighted by Crippen LogP contribution is -2.35. The lowest BCUT2D eigenvalue weighted by atomic mass is 9.64. The summed E-state index contributed by atoms with van der Waals surface area (Å²) in [7, 11) is 1.99. The molecule has 8 atom stereocenters. The van der Waals surface area contributed by atoms with Gasteiger partial charge in [-0.3, -0.25) is 19.2 Å². The van der Waals surface area contributed by atoms with Crippen molar-refractivity contribution in [2.45, 2.75) is 77.0 Å². The Kier molecular flexibility index (Phi) is 6.33. The van der Waals surface area contributed by atoms with E-state index in [-0.39, 0.29) is 58.2 Å². The molecule has 6 fully saturated rings. The molecule has 0 spiro atoms. The fraction of sp³-hybridized carbons (Fsp3) is 0.600. The monoisotopic (exact) mass is 627 g/mol. The van der Waals surface area contributed by atoms with Gasteiger partial charge in [-0.05, 0) is 61.5 Å². The molecule has 0 N–H and O–H groups in total. The molecule has 228 valence electrons. The van der Waals surface area contributed by atoms with Gasteiger partial charge in [0.2, 0.25) is 0 Å². The molecule has 8 unspecified atom stereocenters. The molecule has 0 saturated heterocycles. The maximum Gasteiger partial charge on any atom is 0.188 e. The van der Waals surface area contributed by atoms with Crippen LogP contribution in [0, 0.1) is 47.3 Å². The molecule has 3 heterocycles. The third-order valence-corrected chi connectivity index (χ3v) is 14.6. The van der Waals surface area contributed by atoms with Gasteiger partial charge >= 0.3 is 0 Å². The van der Waals surface area contributed by atoms with Crippen molar-refractivity contribution < 1.29 is 19.2 Å². The highest BCUT2D eigenvalue weighted by Crippen LogP contribution is 2.51. The Bertz CT molecular complexity index is 1640. The standard InChI is InChI=1S/C35H37N3O4S2/c1-38-24-14-26(36-28-30(39)20-10-16-6-2-3-7-17(16)11-21(20)31(28)40)43-34(24)35-25(38)15-27(44-35)37-29-32(41)22-12-18-8-4-5-9-19(18)13-23(22)33(29)42/h14-23H,2-13H2,1H3. The summed E-state index contributed by atoms with van der Waals surface area (Å²) in [6, 6.07) is 3.95. The lowest BCUT2D eigenvalue weighted by Gasteiger charge is -2.39. The van der Waals surface area contributed by atoms with E-state index in [1.54, 1.807) is 0 Å². The molecule has 0 amide bonds. The molecule has 6 saturated carbocycles. The van der Waals surface area contributed by atoms with Crippen molar-refractivity contribution in [3.8, 4) is 0 Å². The summed E-state index contributed by atoms with van der Waals surface area (Å²) in [5, 5.41) is 1.35. The number of aromatic nitrogens is 1. The molecule has 9 heteroatoms. The van der Waals surface area contributed by atoms with Gasteiger partial charge in [-0.25, -0.2) is 9.98 Å². The van der Waals surface area contributed by atoms with Crippen LogP contribution >= 0.6 is 22.7 Å². The number of Topliss-reactive ketones (excluding diaryl/α,β-unsaturated/α-hetero) is 4. The number of aryl methyl sites for hydroxylation is 1. The van der Waals surface area contributed by atoms with Crippen molar-refractivity contribution in [2.24, 2.45) is 64.4 Å². The Morgan fingerprint density at radius 2 is 0.886 bits per heavy atom. The van der Waals surface area contributed by atoms with Crippen LogP contribution in [0.4, 0.5) is 10.0 Å². The van der Waals surface area contributed by atoms with E-state index in [4.69, 9.17) is 9.98 Å². The number of thiophene rings is 2. The second-order valence-electron chi connectivity index (χ2n) is 14.5. The summed E-state index contributed by atoms with van der Waals surface area (Å²) in [6.07, 6.45) is 13.1. The Morgan fingerprint density at radius 1 is 0.568 bits per heavy atom. The zero-order chi connectivity index (χ0) is 29.9. The van der Waals surface area contributed by atoms with Gasteiger partial charge in [0.1, 0.15) is 10.0 Å². The summed E-state index contributed by atoms with van der Waals surface area (Å²) in [5.74, 6) is 1.39. The van der Waals surface area contributed by atoms with Crippen LogP contribution in [0.15, 0.2) is 22.1 Å². The molecular weight excluding hydrogens is 591 g/mol. The third-order valence-electron chi connectivity index (χ3n) is 12.4. The largest absolute Gasteiger partial charge is 0.342 e. The Hall–Kier alpha value is -2.78. The Labute approximate surface area is 264 Å². The quantitative estimate of drug-likeness (QED) is 0.293. The highest BCUT2D eigenvalue weighted by atomic mass is 32.1. The van der Waals surface area contributed by atoms with E-state index >= 15 is 0 Å². The number of carbonyl (C=O) groups is 4. The summed E-state index contributed by atoms with van der Waals surface area (Å²) < 4.78 is 4.14. The Balaban J connectivity index is 1.01. The van der Waals surface area contributed by atoms with Crippen LogP contribution < -0.4 is 0 Å². The van der Waals surface area contributed by atoms with Crippen LogP contribution in [0.5, 0.6) is 0 Å². The number of fused-ring (bicyclic) bond motifs is 7. The number of carbonyl (C=O) groups excluding carboxylic acids is 4. The fourth-order valence-electron chi connectivity index (χ4n) is 10.1. The van der Waals surface area contributed by atoms with Gasteiger partial charge in [-0.1, -0.05) is 51.4 Å². The van der Waals surface area contributed by atoms with E-state index < -0.39 is 0 Å². The molecular formula is C35H37N3O4S2. The van der Waals surface area contributed by atoms with E-state index in [0.717, 1.165) is 46.1 Å². The van der Waals surface area contributed by atoms with E-state index in [9.17, 15) is 19.2 Å². The van der Waals surface area contributed by atoms with Crippen molar-refractivity contribution in [3.05, 3.63) is 12.1 Å². The highest BCUT2D eigenvalue weighted by Gasteiger charge is 2.53. The van der Waals surface area contributed by atoms with Crippen LogP contribution in [-0.4, -0.2) is 39.1 Å². The van der Waals surface area contributed by atoms with Crippen LogP contribution in [0.3, 0.4) is 0 Å². The first-order valence-corrected chi connectivity index (χ1v) is 18.3. The molecule has 3 aromatic rings. The van der Waals surface area contributed by atoms with Gasteiger partial charge in [0.15, 0.2) is 34.6 Å². The molecule has 7 nitrogen and oxygen atoms in total. The van der Waals surface area contributed by atoms with Crippen molar-refractivity contribution in [1.82, 2.24) is 4.57 Å². The average molecular weight is 628 g/mol. The first-order chi connectivity index (χ1) is 21.4. The predicted molar refractivity (Wildman–Crippen MR) is 174 cm³/mol. The van der Waals surface area contributed by atoms with E-state index in [2.05, 4.69) is 4.57 Å². The Morgan fingerprint density at radius 3 is 1.20 bits per heavy atom. The van der Waals surface area contributed by atoms with Gasteiger partial charge in [0.05, 0.1) is 20.4 Å². The first kappa shape index (κ1) is 27.5. The zero-order valence-electron chi connectivity index (χ0n) is 25.0. The second kappa shape index (κ2) is 10.1. The summed E-state index contributed by atoms with van der Waals surface area (Å²) >= 11 is 2.98. The number of hydrogen-bond acceptors (Lipinski definition) is 8. The van der Waals surface area contributed by atoms with Crippen molar-refractivity contribution in [3.63, 3.8) is 0 Å². The molecule has 9 rings (SSSR count). The number of aliphatic imine (C=N–C) groups is 2. The fourth-order valence-corrected chi connectivity index (χ4v) is 12.4. The number of nitrogens with zero attached hydrogens (tertiary/aromatic N) is 3. The minimum Gasteiger partial charge on any atom is -0.342 e. The molecule has 6 aliphatic carbocycles. The van der Waals surface area contributed by atoms with Crippen LogP contribution in [0.1, 0.15) is 77.0 Å². The topological polar surface area (TPSA) is 97.9 Å². The van der Waals surface area contributed by atoms with E-state index in [1.165, 1.54) is 74.0 Å². The normalized spacial score (nSPS) is 35.3. The maximum atomic E-state index is 13.4. The predicted octanol–water partition coefficient (Wildman–Crippen LogP) is 7.57. The molecule has 6 aliphatic rings. The SMILES string of the molecule is Cn1c2cc(N=C3C(=O)C4CC5CCCCC5CC4C3=O)sc2c2sc(N=C3C(=O)C4CC5CCCCC5CC4C3=O)cc21. The highest BCUT2D eigenvalue weighted by molar-refractivity contribution is 7.30. The second-order valence-corrected chi connectivity index (χ2v) is 16.6. The lowest BCUT2D eigenvalue weighted by molar-refractivity contribution is -0.123. The smallest absolute Gasteiger partial charge is 0.188 e. The molecule has 0 aliphatic heterocycles. The zero-order valence-corrected chi connectivity index (χ0v) is 26.7. The van der Waals surface area contributed by atoms with Crippen LogP contribution in [0.2, 0.25) is 0 Å². The minimum absolute atomic E-state index is 0.0495. The molecule has 0 aromatic carbocycles. The van der Waals surface area contributed by atoms with E-state index in [1.807, 2.05) is 19.2 Å². The summed E-state index contributed by atoms with van der Waals surface area (Å²) in [5.41, 5.74) is 2.30. The van der Waals surface area contributed by atoms with Gasteiger partial charge < -0.3 is 4.57 Å². The molecule has 44 heavy (non-hydrogen) atoms. The number of rotatable bonds is 2.